The standard InChI is InChI=1S/C16H18ClNO3S/c1-4-21-14-9-8-13(17)10-15(14)22(19,20)18-16-11(2)6-5-7-12(16)3/h5-10,18H,4H2,1-3H3. The smallest absolute Gasteiger partial charge is 0.265 e. The summed E-state index contributed by atoms with van der Waals surface area (Å²) >= 11 is 5.94. The summed E-state index contributed by atoms with van der Waals surface area (Å²) in [6.07, 6.45) is 0. The van der Waals surface area contributed by atoms with Gasteiger partial charge in [0, 0.05) is 5.02 Å². The predicted octanol–water partition coefficient (Wildman–Crippen LogP) is 4.16. The van der Waals surface area contributed by atoms with Crippen LogP contribution >= 0.6 is 11.6 Å². The molecule has 0 radical (unpaired) electrons. The fourth-order valence-electron chi connectivity index (χ4n) is 2.13. The van der Waals surface area contributed by atoms with Crippen LogP contribution in [0.3, 0.4) is 0 Å². The molecule has 0 unspecified atom stereocenters. The van der Waals surface area contributed by atoms with Crippen LogP contribution in [0.2, 0.25) is 5.02 Å². The minimum atomic E-state index is -3.79. The van der Waals surface area contributed by atoms with E-state index in [9.17, 15) is 8.42 Å². The highest BCUT2D eigenvalue weighted by Gasteiger charge is 2.21. The second-order valence-corrected chi connectivity index (χ2v) is 6.98. The Kier molecular flexibility index (Phi) is 4.98. The Labute approximate surface area is 136 Å². The molecule has 0 aliphatic rings. The van der Waals surface area contributed by atoms with E-state index < -0.39 is 10.0 Å². The molecule has 2 rings (SSSR count). The van der Waals surface area contributed by atoms with E-state index in [1.807, 2.05) is 32.0 Å². The number of benzene rings is 2. The average molecular weight is 340 g/mol. The average Bonchev–Trinajstić information content (AvgIpc) is 2.45. The molecular weight excluding hydrogens is 322 g/mol. The highest BCUT2D eigenvalue weighted by Crippen LogP contribution is 2.30. The van der Waals surface area contributed by atoms with E-state index in [0.717, 1.165) is 11.1 Å². The third-order valence-electron chi connectivity index (χ3n) is 3.21. The highest BCUT2D eigenvalue weighted by atomic mass is 35.5. The first-order valence-electron chi connectivity index (χ1n) is 6.86. The Bertz CT molecular complexity index is 768. The molecule has 0 saturated heterocycles. The molecule has 0 amide bonds. The molecule has 6 heteroatoms. The molecule has 0 atom stereocenters. The van der Waals surface area contributed by atoms with Crippen LogP contribution in [-0.4, -0.2) is 15.0 Å². The Balaban J connectivity index is 2.49. The van der Waals surface area contributed by atoms with Gasteiger partial charge in [0.2, 0.25) is 0 Å². The maximum Gasteiger partial charge on any atom is 0.265 e. The number of hydrogen-bond donors (Lipinski definition) is 1. The number of ether oxygens (including phenoxy) is 1. The summed E-state index contributed by atoms with van der Waals surface area (Å²) < 4.78 is 33.4. The van der Waals surface area contributed by atoms with Crippen molar-refractivity contribution in [3.63, 3.8) is 0 Å². The molecule has 22 heavy (non-hydrogen) atoms. The fraction of sp³-hybridized carbons (Fsp3) is 0.250. The second-order valence-electron chi connectivity index (χ2n) is 4.90. The largest absolute Gasteiger partial charge is 0.492 e. The fourth-order valence-corrected chi connectivity index (χ4v) is 3.74. The van der Waals surface area contributed by atoms with Crippen LogP contribution in [0.5, 0.6) is 5.75 Å². The molecule has 0 heterocycles. The summed E-state index contributed by atoms with van der Waals surface area (Å²) in [6, 6.07) is 10.1. The Morgan fingerprint density at radius 3 is 2.36 bits per heavy atom. The van der Waals surface area contributed by atoms with E-state index in [2.05, 4.69) is 4.72 Å². The summed E-state index contributed by atoms with van der Waals surface area (Å²) in [7, 11) is -3.79. The van der Waals surface area contributed by atoms with E-state index in [-0.39, 0.29) is 10.6 Å². The van der Waals surface area contributed by atoms with E-state index in [1.54, 1.807) is 19.1 Å². The minimum absolute atomic E-state index is 0.0319. The van der Waals surface area contributed by atoms with Crippen LogP contribution in [0, 0.1) is 13.8 Å². The lowest BCUT2D eigenvalue weighted by Gasteiger charge is -2.15. The lowest BCUT2D eigenvalue weighted by molar-refractivity contribution is 0.331. The zero-order chi connectivity index (χ0) is 16.3. The van der Waals surface area contributed by atoms with Gasteiger partial charge in [-0.25, -0.2) is 8.42 Å². The van der Waals surface area contributed by atoms with Crippen LogP contribution in [-0.2, 0) is 10.0 Å². The van der Waals surface area contributed by atoms with Crippen molar-refractivity contribution < 1.29 is 13.2 Å². The quantitative estimate of drug-likeness (QED) is 0.890. The maximum absolute atomic E-state index is 12.7. The number of para-hydroxylation sites is 1. The lowest BCUT2D eigenvalue weighted by atomic mass is 10.1. The summed E-state index contributed by atoms with van der Waals surface area (Å²) in [6.45, 7) is 5.87. The number of rotatable bonds is 5. The zero-order valence-corrected chi connectivity index (χ0v) is 14.3. The van der Waals surface area contributed by atoms with E-state index in [1.165, 1.54) is 6.07 Å². The van der Waals surface area contributed by atoms with Gasteiger partial charge in [-0.2, -0.15) is 0 Å². The summed E-state index contributed by atoms with van der Waals surface area (Å²) in [5.41, 5.74) is 2.28. The third kappa shape index (κ3) is 3.54. The first-order valence-corrected chi connectivity index (χ1v) is 8.72. The number of halogens is 1. The molecular formula is C16H18ClNO3S. The van der Waals surface area contributed by atoms with Gasteiger partial charge in [0.1, 0.15) is 10.6 Å². The molecule has 0 bridgehead atoms. The predicted molar refractivity (Wildman–Crippen MR) is 89.3 cm³/mol. The molecule has 0 fully saturated rings. The SMILES string of the molecule is CCOc1ccc(Cl)cc1S(=O)(=O)Nc1c(C)cccc1C. The molecule has 1 N–H and O–H groups in total. The van der Waals surface area contributed by atoms with Crippen LogP contribution in [0.1, 0.15) is 18.1 Å². The Hall–Kier alpha value is -1.72. The van der Waals surface area contributed by atoms with E-state index in [4.69, 9.17) is 16.3 Å². The molecule has 118 valence electrons. The van der Waals surface area contributed by atoms with Crippen molar-refractivity contribution in [1.82, 2.24) is 0 Å². The van der Waals surface area contributed by atoms with Gasteiger partial charge in [-0.3, -0.25) is 4.72 Å². The number of nitrogens with one attached hydrogen (secondary N) is 1. The Morgan fingerprint density at radius 1 is 1.14 bits per heavy atom. The van der Waals surface area contributed by atoms with Gasteiger partial charge in [0.15, 0.2) is 0 Å². The number of anilines is 1. The normalized spacial score (nSPS) is 11.3. The number of hydrogen-bond acceptors (Lipinski definition) is 3. The van der Waals surface area contributed by atoms with Crippen molar-refractivity contribution in [1.29, 1.82) is 0 Å². The monoisotopic (exact) mass is 339 g/mol. The van der Waals surface area contributed by atoms with Gasteiger partial charge in [-0.15, -0.1) is 0 Å². The molecule has 0 saturated carbocycles. The van der Waals surface area contributed by atoms with Crippen LogP contribution in [0.4, 0.5) is 5.69 Å². The molecule has 0 spiro atoms. The minimum Gasteiger partial charge on any atom is -0.492 e. The van der Waals surface area contributed by atoms with Crippen LogP contribution in [0.15, 0.2) is 41.3 Å². The molecule has 2 aromatic carbocycles. The topological polar surface area (TPSA) is 55.4 Å². The van der Waals surface area contributed by atoms with Crippen molar-refractivity contribution in [2.24, 2.45) is 0 Å². The van der Waals surface area contributed by atoms with Crippen molar-refractivity contribution in [3.05, 3.63) is 52.5 Å². The third-order valence-corrected chi connectivity index (χ3v) is 4.82. The number of sulfonamides is 1. The van der Waals surface area contributed by atoms with Crippen molar-refractivity contribution in [2.75, 3.05) is 11.3 Å². The first kappa shape index (κ1) is 16.6. The maximum atomic E-state index is 12.7. The molecule has 0 aromatic heterocycles. The molecule has 0 aliphatic heterocycles. The van der Waals surface area contributed by atoms with Gasteiger partial charge in [0.25, 0.3) is 10.0 Å². The lowest BCUT2D eigenvalue weighted by Crippen LogP contribution is -2.16. The molecule has 2 aromatic rings. The van der Waals surface area contributed by atoms with E-state index in [0.29, 0.717) is 17.3 Å². The van der Waals surface area contributed by atoms with Crippen LogP contribution in [0.25, 0.3) is 0 Å². The van der Waals surface area contributed by atoms with Crippen molar-refractivity contribution >= 4 is 27.3 Å². The van der Waals surface area contributed by atoms with Gasteiger partial charge in [-0.05, 0) is 50.1 Å². The van der Waals surface area contributed by atoms with Gasteiger partial charge >= 0.3 is 0 Å². The summed E-state index contributed by atoms with van der Waals surface area (Å²) in [5, 5.41) is 0.338. The number of aryl methyl sites for hydroxylation is 2. The molecule has 0 aliphatic carbocycles. The first-order chi connectivity index (χ1) is 10.3. The van der Waals surface area contributed by atoms with E-state index >= 15 is 0 Å². The van der Waals surface area contributed by atoms with Crippen molar-refractivity contribution in [2.45, 2.75) is 25.7 Å². The summed E-state index contributed by atoms with van der Waals surface area (Å²) in [5.74, 6) is 0.283. The molecule has 4 nitrogen and oxygen atoms in total. The summed E-state index contributed by atoms with van der Waals surface area (Å²) in [4.78, 5) is 0.0319. The van der Waals surface area contributed by atoms with Gasteiger partial charge < -0.3 is 4.74 Å². The van der Waals surface area contributed by atoms with Gasteiger partial charge in [-0.1, -0.05) is 29.8 Å². The van der Waals surface area contributed by atoms with Gasteiger partial charge in [0.05, 0.1) is 12.3 Å². The zero-order valence-electron chi connectivity index (χ0n) is 12.7. The second kappa shape index (κ2) is 6.58. The van der Waals surface area contributed by atoms with Crippen molar-refractivity contribution in [3.8, 4) is 5.75 Å². The Morgan fingerprint density at radius 2 is 1.77 bits per heavy atom. The highest BCUT2D eigenvalue weighted by molar-refractivity contribution is 7.92. The van der Waals surface area contributed by atoms with Crippen LogP contribution < -0.4 is 9.46 Å².